The molecule has 0 aliphatic rings. The zero-order chi connectivity index (χ0) is 26.9. The van der Waals surface area contributed by atoms with Crippen molar-refractivity contribution in [1.29, 1.82) is 5.26 Å². The Kier molecular flexibility index (Phi) is 8.42. The molecule has 0 spiro atoms. The lowest BCUT2D eigenvalue weighted by molar-refractivity contribution is 0.0929. The number of allylic oxidation sites excluding steroid dienone is 1. The number of rotatable bonds is 11. The van der Waals surface area contributed by atoms with Gasteiger partial charge in [-0.05, 0) is 61.4 Å². The van der Waals surface area contributed by atoms with Gasteiger partial charge in [0.05, 0.1) is 31.6 Å². The normalized spacial score (nSPS) is 10.8. The number of methoxy groups -OCH3 is 1. The maximum atomic E-state index is 12.6. The number of carbonyl (C=O) groups excluding carboxylic acids is 1. The number of nitrogens with zero attached hydrogens (tertiary/aromatic N) is 2. The van der Waals surface area contributed by atoms with Crippen molar-refractivity contribution < 1.29 is 23.4 Å². The van der Waals surface area contributed by atoms with E-state index in [0.717, 1.165) is 16.5 Å². The summed E-state index contributed by atoms with van der Waals surface area (Å²) >= 11 is 0. The number of ether oxygens (including phenoxy) is 3. The van der Waals surface area contributed by atoms with E-state index < -0.39 is 5.91 Å². The minimum Gasteiger partial charge on any atom is -0.494 e. The first-order valence-electron chi connectivity index (χ1n) is 12.0. The maximum absolute atomic E-state index is 12.6. The highest BCUT2D eigenvalue weighted by molar-refractivity contribution is 5.96. The summed E-state index contributed by atoms with van der Waals surface area (Å²) in [6, 6.07) is 20.1. The van der Waals surface area contributed by atoms with E-state index in [9.17, 15) is 10.1 Å². The number of fused-ring (bicyclic) bond motifs is 1. The molecule has 0 saturated heterocycles. The third kappa shape index (κ3) is 6.02. The molecule has 4 rings (SSSR count). The van der Waals surface area contributed by atoms with Crippen LogP contribution in [0.3, 0.4) is 0 Å². The van der Waals surface area contributed by atoms with Gasteiger partial charge in [0.1, 0.15) is 17.9 Å². The summed E-state index contributed by atoms with van der Waals surface area (Å²) in [5.41, 5.74) is 5.91. The molecular weight excluding hydrogens is 482 g/mol. The molecule has 0 radical (unpaired) electrons. The second-order valence-corrected chi connectivity index (χ2v) is 8.20. The number of furan rings is 1. The lowest BCUT2D eigenvalue weighted by Gasteiger charge is -2.16. The first kappa shape index (κ1) is 26.0. The lowest BCUT2D eigenvalue weighted by Crippen LogP contribution is -2.16. The van der Waals surface area contributed by atoms with E-state index in [1.807, 2.05) is 37.3 Å². The van der Waals surface area contributed by atoms with Crippen LogP contribution in [0.5, 0.6) is 17.2 Å². The Morgan fingerprint density at radius 3 is 2.74 bits per heavy atom. The first-order chi connectivity index (χ1) is 18.6. The van der Waals surface area contributed by atoms with Crippen LogP contribution < -0.4 is 19.6 Å². The zero-order valence-electron chi connectivity index (χ0n) is 21.2. The Morgan fingerprint density at radius 2 is 1.97 bits per heavy atom. The van der Waals surface area contributed by atoms with Crippen molar-refractivity contribution in [2.24, 2.45) is 5.10 Å². The smallest absolute Gasteiger partial charge is 0.307 e. The van der Waals surface area contributed by atoms with Crippen molar-refractivity contribution >= 4 is 23.1 Å². The monoisotopic (exact) mass is 509 g/mol. The summed E-state index contributed by atoms with van der Waals surface area (Å²) in [4.78, 5) is 12.6. The van der Waals surface area contributed by atoms with Crippen LogP contribution in [0.4, 0.5) is 0 Å². The van der Waals surface area contributed by atoms with Crippen LogP contribution in [0.15, 0.2) is 82.8 Å². The van der Waals surface area contributed by atoms with E-state index >= 15 is 0 Å². The van der Waals surface area contributed by atoms with E-state index in [-0.39, 0.29) is 12.4 Å². The molecule has 0 bridgehead atoms. The third-order valence-electron chi connectivity index (χ3n) is 5.65. The first-order valence-corrected chi connectivity index (χ1v) is 12.0. The summed E-state index contributed by atoms with van der Waals surface area (Å²) in [6.45, 7) is 6.49. The van der Waals surface area contributed by atoms with Crippen LogP contribution in [0.1, 0.15) is 39.7 Å². The molecule has 0 unspecified atom stereocenters. The molecule has 0 aliphatic carbocycles. The fraction of sp³-hybridized carbons (Fsp3) is 0.167. The molecular formula is C30H27N3O5. The maximum Gasteiger partial charge on any atom is 0.307 e. The molecule has 192 valence electrons. The Balaban J connectivity index is 1.50. The van der Waals surface area contributed by atoms with Crippen molar-refractivity contribution in [2.75, 3.05) is 13.7 Å². The molecule has 0 atom stereocenters. The molecule has 1 aromatic heterocycles. The fourth-order valence-electron chi connectivity index (χ4n) is 3.90. The number of amides is 1. The average molecular weight is 510 g/mol. The van der Waals surface area contributed by atoms with Crippen LogP contribution in [-0.4, -0.2) is 25.8 Å². The molecule has 0 fully saturated rings. The Morgan fingerprint density at radius 1 is 1.13 bits per heavy atom. The van der Waals surface area contributed by atoms with Crippen LogP contribution in [-0.2, 0) is 13.0 Å². The molecule has 0 aliphatic heterocycles. The second-order valence-electron chi connectivity index (χ2n) is 8.20. The van der Waals surface area contributed by atoms with Gasteiger partial charge in [-0.1, -0.05) is 24.3 Å². The fourth-order valence-corrected chi connectivity index (χ4v) is 3.90. The van der Waals surface area contributed by atoms with E-state index in [2.05, 4.69) is 23.2 Å². The van der Waals surface area contributed by atoms with E-state index in [0.29, 0.717) is 47.0 Å². The molecule has 4 aromatic rings. The summed E-state index contributed by atoms with van der Waals surface area (Å²) < 4.78 is 22.8. The van der Waals surface area contributed by atoms with Crippen LogP contribution in [0, 0.1) is 11.3 Å². The van der Waals surface area contributed by atoms with Gasteiger partial charge in [0, 0.05) is 16.5 Å². The van der Waals surface area contributed by atoms with Crippen molar-refractivity contribution in [1.82, 2.24) is 5.43 Å². The summed E-state index contributed by atoms with van der Waals surface area (Å²) in [6.07, 6.45) is 3.78. The van der Waals surface area contributed by atoms with Crippen molar-refractivity contribution in [3.05, 3.63) is 101 Å². The summed E-state index contributed by atoms with van der Waals surface area (Å²) in [5.74, 6) is 1.41. The number of hydrogen-bond donors (Lipinski definition) is 1. The van der Waals surface area contributed by atoms with E-state index in [4.69, 9.17) is 18.6 Å². The molecule has 1 amide bonds. The van der Waals surface area contributed by atoms with Gasteiger partial charge in [0.15, 0.2) is 17.3 Å². The van der Waals surface area contributed by atoms with Crippen molar-refractivity contribution in [2.45, 2.75) is 20.0 Å². The van der Waals surface area contributed by atoms with Gasteiger partial charge in [0.2, 0.25) is 0 Å². The topological polar surface area (TPSA) is 106 Å². The van der Waals surface area contributed by atoms with Gasteiger partial charge in [-0.15, -0.1) is 6.58 Å². The molecule has 38 heavy (non-hydrogen) atoms. The predicted octanol–water partition coefficient (Wildman–Crippen LogP) is 5.78. The Labute approximate surface area is 220 Å². The van der Waals surface area contributed by atoms with Gasteiger partial charge in [-0.3, -0.25) is 4.79 Å². The zero-order valence-corrected chi connectivity index (χ0v) is 21.2. The minimum absolute atomic E-state index is 0.136. The van der Waals surface area contributed by atoms with Crippen molar-refractivity contribution in [3.63, 3.8) is 0 Å². The van der Waals surface area contributed by atoms with E-state index in [1.165, 1.54) is 6.21 Å². The summed E-state index contributed by atoms with van der Waals surface area (Å²) in [5, 5.41) is 14.2. The Hall–Kier alpha value is -5.03. The molecule has 3 aromatic carbocycles. The largest absolute Gasteiger partial charge is 0.494 e. The summed E-state index contributed by atoms with van der Waals surface area (Å²) in [7, 11) is 1.55. The van der Waals surface area contributed by atoms with Crippen LogP contribution >= 0.6 is 0 Å². The third-order valence-corrected chi connectivity index (χ3v) is 5.65. The highest BCUT2D eigenvalue weighted by Crippen LogP contribution is 2.34. The molecule has 8 nitrogen and oxygen atoms in total. The SMILES string of the molecule is C=CCc1cc(/C=N/NC(=O)c2cc3cc(OCC)ccc3o2)cc(OC)c1OCc1ccccc1C#N. The molecule has 1 N–H and O–H groups in total. The molecule has 0 saturated carbocycles. The second kappa shape index (κ2) is 12.3. The molecule has 1 heterocycles. The number of benzene rings is 3. The van der Waals surface area contributed by atoms with Crippen molar-refractivity contribution in [3.8, 4) is 23.3 Å². The number of carbonyl (C=O) groups is 1. The highest BCUT2D eigenvalue weighted by Gasteiger charge is 2.15. The number of hydrazone groups is 1. The number of nitrogens with one attached hydrogen (secondary N) is 1. The van der Waals surface area contributed by atoms with E-state index in [1.54, 1.807) is 43.5 Å². The average Bonchev–Trinajstić information content (AvgIpc) is 3.36. The van der Waals surface area contributed by atoms with Gasteiger partial charge < -0.3 is 18.6 Å². The van der Waals surface area contributed by atoms with Crippen LogP contribution in [0.25, 0.3) is 11.0 Å². The lowest BCUT2D eigenvalue weighted by atomic mass is 10.1. The van der Waals surface area contributed by atoms with Gasteiger partial charge in [-0.25, -0.2) is 5.43 Å². The van der Waals surface area contributed by atoms with Crippen LogP contribution in [0.2, 0.25) is 0 Å². The quantitative estimate of drug-likeness (QED) is 0.156. The number of hydrogen-bond acceptors (Lipinski definition) is 7. The molecule has 8 heteroatoms. The van der Waals surface area contributed by atoms with Gasteiger partial charge >= 0.3 is 5.91 Å². The predicted molar refractivity (Wildman–Crippen MR) is 145 cm³/mol. The standard InChI is InChI=1S/C30H27N3O5/c1-4-8-21-13-20(14-27(35-3)29(21)37-19-23-10-7-6-9-22(23)17-31)18-32-33-30(34)28-16-24-15-25(36-5-2)11-12-26(24)38-28/h4,6-7,9-16,18H,1,5,8,19H2,2-3H3,(H,33,34)/b32-18+. The van der Waals surface area contributed by atoms with Gasteiger partial charge in [0.25, 0.3) is 0 Å². The Bertz CT molecular complexity index is 1530. The van der Waals surface area contributed by atoms with Gasteiger partial charge in [-0.2, -0.15) is 10.4 Å². The minimum atomic E-state index is -0.482. The highest BCUT2D eigenvalue weighted by atomic mass is 16.5. The number of nitriles is 1.